The van der Waals surface area contributed by atoms with Crippen LogP contribution in [0.2, 0.25) is 0 Å². The third-order valence-corrected chi connectivity index (χ3v) is 2.33. The fourth-order valence-corrected chi connectivity index (χ4v) is 1.35. The maximum atomic E-state index is 13.3. The fourth-order valence-electron chi connectivity index (χ4n) is 1.35. The zero-order valence-corrected chi connectivity index (χ0v) is 9.99. The Labute approximate surface area is 114 Å². The van der Waals surface area contributed by atoms with E-state index in [1.165, 1.54) is 0 Å². The fraction of sp³-hybridized carbons (Fsp3) is 0.182. The standard InChI is InChI=1S/C11H7F4NO5/c12-4-1-3(7(13)9(15)8(4)14)10(19)16-5(11(20)21)2-6(17)18/h1,5H,2H2,(H,16,19)(H,17,18)(H,20,21). The third kappa shape index (κ3) is 3.68. The van der Waals surface area contributed by atoms with Crippen LogP contribution in [-0.2, 0) is 9.59 Å². The molecule has 6 nitrogen and oxygen atoms in total. The van der Waals surface area contributed by atoms with Crippen molar-refractivity contribution in [3.8, 4) is 0 Å². The first-order chi connectivity index (χ1) is 9.65. The van der Waals surface area contributed by atoms with Gasteiger partial charge in [-0.3, -0.25) is 9.59 Å². The van der Waals surface area contributed by atoms with Crippen molar-refractivity contribution in [3.63, 3.8) is 0 Å². The Morgan fingerprint density at radius 2 is 1.62 bits per heavy atom. The van der Waals surface area contributed by atoms with Gasteiger partial charge in [0.2, 0.25) is 0 Å². The summed E-state index contributed by atoms with van der Waals surface area (Å²) < 4.78 is 51.9. The van der Waals surface area contributed by atoms with Crippen molar-refractivity contribution in [2.75, 3.05) is 0 Å². The van der Waals surface area contributed by atoms with Gasteiger partial charge in [0.25, 0.3) is 5.91 Å². The molecule has 0 radical (unpaired) electrons. The first-order valence-corrected chi connectivity index (χ1v) is 5.23. The third-order valence-electron chi connectivity index (χ3n) is 2.33. The Morgan fingerprint density at radius 1 is 1.05 bits per heavy atom. The molecule has 3 N–H and O–H groups in total. The van der Waals surface area contributed by atoms with E-state index in [4.69, 9.17) is 10.2 Å². The molecular weight excluding hydrogens is 302 g/mol. The molecule has 0 aliphatic carbocycles. The highest BCUT2D eigenvalue weighted by atomic mass is 19.2. The summed E-state index contributed by atoms with van der Waals surface area (Å²) in [7, 11) is 0. The molecule has 0 aliphatic heterocycles. The van der Waals surface area contributed by atoms with Crippen LogP contribution in [0, 0.1) is 23.3 Å². The summed E-state index contributed by atoms with van der Waals surface area (Å²) >= 11 is 0. The molecule has 1 aromatic rings. The molecule has 0 fully saturated rings. The van der Waals surface area contributed by atoms with E-state index < -0.39 is 59.1 Å². The number of carbonyl (C=O) groups is 3. The van der Waals surface area contributed by atoms with Crippen LogP contribution in [0.4, 0.5) is 17.6 Å². The number of carboxylic acid groups (broad SMARTS) is 2. The van der Waals surface area contributed by atoms with Gasteiger partial charge in [0.05, 0.1) is 12.0 Å². The topological polar surface area (TPSA) is 104 Å². The van der Waals surface area contributed by atoms with E-state index in [-0.39, 0.29) is 6.07 Å². The summed E-state index contributed by atoms with van der Waals surface area (Å²) in [4.78, 5) is 32.6. The zero-order valence-electron chi connectivity index (χ0n) is 9.99. The minimum absolute atomic E-state index is 0.0305. The van der Waals surface area contributed by atoms with E-state index in [2.05, 4.69) is 0 Å². The summed E-state index contributed by atoms with van der Waals surface area (Å²) in [6.07, 6.45) is -1.05. The van der Waals surface area contributed by atoms with Crippen molar-refractivity contribution < 1.29 is 42.2 Å². The summed E-state index contributed by atoms with van der Waals surface area (Å²) in [5, 5.41) is 18.7. The Balaban J connectivity index is 3.09. The molecule has 0 saturated heterocycles. The van der Waals surface area contributed by atoms with Gasteiger partial charge in [-0.15, -0.1) is 0 Å². The summed E-state index contributed by atoms with van der Waals surface area (Å²) in [5.74, 6) is -13.2. The van der Waals surface area contributed by atoms with Crippen molar-refractivity contribution >= 4 is 17.8 Å². The molecule has 10 heteroatoms. The zero-order chi connectivity index (χ0) is 16.3. The van der Waals surface area contributed by atoms with E-state index >= 15 is 0 Å². The number of hydrogen-bond acceptors (Lipinski definition) is 3. The predicted octanol–water partition coefficient (Wildman–Crippen LogP) is 0.901. The van der Waals surface area contributed by atoms with E-state index in [9.17, 15) is 31.9 Å². The molecule has 0 aliphatic rings. The number of carbonyl (C=O) groups excluding carboxylic acids is 1. The Bertz CT molecular complexity index is 619. The molecule has 1 atom stereocenters. The van der Waals surface area contributed by atoms with E-state index in [0.29, 0.717) is 0 Å². The van der Waals surface area contributed by atoms with Crippen molar-refractivity contribution in [3.05, 3.63) is 34.9 Å². The molecular formula is C11H7F4NO5. The molecule has 1 aromatic carbocycles. The highest BCUT2D eigenvalue weighted by Gasteiger charge is 2.27. The molecule has 0 bridgehead atoms. The second-order valence-electron chi connectivity index (χ2n) is 3.81. The number of benzene rings is 1. The average molecular weight is 309 g/mol. The number of aliphatic carboxylic acids is 2. The van der Waals surface area contributed by atoms with Gasteiger partial charge < -0.3 is 15.5 Å². The average Bonchev–Trinajstić information content (AvgIpc) is 2.38. The predicted molar refractivity (Wildman–Crippen MR) is 57.4 cm³/mol. The number of carboxylic acids is 2. The van der Waals surface area contributed by atoms with Gasteiger partial charge in [0.15, 0.2) is 23.3 Å². The Morgan fingerprint density at radius 3 is 2.10 bits per heavy atom. The van der Waals surface area contributed by atoms with Crippen molar-refractivity contribution in [2.24, 2.45) is 0 Å². The van der Waals surface area contributed by atoms with Gasteiger partial charge >= 0.3 is 11.9 Å². The lowest BCUT2D eigenvalue weighted by atomic mass is 10.1. The van der Waals surface area contributed by atoms with Crippen LogP contribution in [0.25, 0.3) is 0 Å². The molecule has 1 unspecified atom stereocenters. The van der Waals surface area contributed by atoms with Gasteiger partial charge in [-0.2, -0.15) is 0 Å². The second-order valence-corrected chi connectivity index (χ2v) is 3.81. The van der Waals surface area contributed by atoms with Crippen LogP contribution in [0.5, 0.6) is 0 Å². The Hall–Kier alpha value is -2.65. The first-order valence-electron chi connectivity index (χ1n) is 5.23. The van der Waals surface area contributed by atoms with Crippen LogP contribution in [0.3, 0.4) is 0 Å². The van der Waals surface area contributed by atoms with Gasteiger partial charge in [-0.05, 0) is 6.07 Å². The van der Waals surface area contributed by atoms with Gasteiger partial charge in [-0.1, -0.05) is 0 Å². The van der Waals surface area contributed by atoms with E-state index in [1.54, 1.807) is 5.32 Å². The number of rotatable bonds is 5. The van der Waals surface area contributed by atoms with Crippen LogP contribution >= 0.6 is 0 Å². The van der Waals surface area contributed by atoms with Crippen molar-refractivity contribution in [1.82, 2.24) is 5.32 Å². The van der Waals surface area contributed by atoms with E-state index in [1.807, 2.05) is 0 Å². The monoisotopic (exact) mass is 309 g/mol. The van der Waals surface area contributed by atoms with Crippen LogP contribution < -0.4 is 5.32 Å². The smallest absolute Gasteiger partial charge is 0.326 e. The molecule has 1 rings (SSSR count). The van der Waals surface area contributed by atoms with Crippen LogP contribution in [-0.4, -0.2) is 34.1 Å². The largest absolute Gasteiger partial charge is 0.481 e. The normalized spacial score (nSPS) is 11.8. The van der Waals surface area contributed by atoms with Crippen molar-refractivity contribution in [1.29, 1.82) is 0 Å². The highest BCUT2D eigenvalue weighted by molar-refractivity contribution is 5.97. The maximum Gasteiger partial charge on any atom is 0.326 e. The highest BCUT2D eigenvalue weighted by Crippen LogP contribution is 2.18. The molecule has 0 aromatic heterocycles. The van der Waals surface area contributed by atoms with E-state index in [0.717, 1.165) is 0 Å². The first kappa shape index (κ1) is 16.4. The maximum absolute atomic E-state index is 13.3. The van der Waals surface area contributed by atoms with Gasteiger partial charge in [-0.25, -0.2) is 22.4 Å². The molecule has 0 saturated carbocycles. The van der Waals surface area contributed by atoms with Gasteiger partial charge in [0.1, 0.15) is 6.04 Å². The number of hydrogen-bond donors (Lipinski definition) is 3. The van der Waals surface area contributed by atoms with Crippen LogP contribution in [0.15, 0.2) is 6.07 Å². The Kier molecular flexibility index (Phi) is 4.84. The molecule has 0 spiro atoms. The quantitative estimate of drug-likeness (QED) is 0.426. The summed E-state index contributed by atoms with van der Waals surface area (Å²) in [5.41, 5.74) is -1.29. The van der Waals surface area contributed by atoms with Crippen LogP contribution in [0.1, 0.15) is 16.8 Å². The SMILES string of the molecule is O=C(O)CC(NC(=O)c1cc(F)c(F)c(F)c1F)C(=O)O. The lowest BCUT2D eigenvalue weighted by Gasteiger charge is -2.13. The number of nitrogens with one attached hydrogen (secondary N) is 1. The molecule has 21 heavy (non-hydrogen) atoms. The summed E-state index contributed by atoms with van der Waals surface area (Å²) in [6.45, 7) is 0. The van der Waals surface area contributed by atoms with Crippen molar-refractivity contribution in [2.45, 2.75) is 12.5 Å². The number of amides is 1. The van der Waals surface area contributed by atoms with Gasteiger partial charge in [0, 0.05) is 0 Å². The summed E-state index contributed by atoms with van der Waals surface area (Å²) in [6, 6.07) is -1.92. The molecule has 114 valence electrons. The minimum Gasteiger partial charge on any atom is -0.481 e. The second kappa shape index (κ2) is 6.20. The molecule has 0 heterocycles. The molecule has 1 amide bonds. The minimum atomic E-state index is -2.25. The lowest BCUT2D eigenvalue weighted by molar-refractivity contribution is -0.145. The lowest BCUT2D eigenvalue weighted by Crippen LogP contribution is -2.42. The number of halogens is 4.